The van der Waals surface area contributed by atoms with E-state index in [1.165, 1.54) is 31.4 Å². The van der Waals surface area contributed by atoms with Crippen molar-refractivity contribution in [2.45, 2.75) is 24.4 Å². The highest BCUT2D eigenvalue weighted by molar-refractivity contribution is 5.89. The van der Waals surface area contributed by atoms with E-state index in [9.17, 15) is 25.2 Å². The van der Waals surface area contributed by atoms with Crippen LogP contribution in [0.2, 0.25) is 0 Å². The van der Waals surface area contributed by atoms with Crippen molar-refractivity contribution >= 4 is 5.97 Å². The lowest BCUT2D eigenvalue weighted by Gasteiger charge is -2.25. The number of esters is 1. The van der Waals surface area contributed by atoms with Gasteiger partial charge in [0.2, 0.25) is 0 Å². The first-order chi connectivity index (χ1) is 10.4. The van der Waals surface area contributed by atoms with Crippen LogP contribution in [0.1, 0.15) is 10.4 Å². The van der Waals surface area contributed by atoms with Crippen molar-refractivity contribution in [3.05, 3.63) is 29.8 Å². The quantitative estimate of drug-likeness (QED) is 0.358. The Bertz CT molecular complexity index is 460. The zero-order valence-electron chi connectivity index (χ0n) is 12.0. The highest BCUT2D eigenvalue weighted by atomic mass is 16.5. The molecule has 0 bridgehead atoms. The van der Waals surface area contributed by atoms with Crippen LogP contribution in [0.25, 0.3) is 0 Å². The molecule has 1 rings (SSSR count). The minimum absolute atomic E-state index is 0.330. The summed E-state index contributed by atoms with van der Waals surface area (Å²) in [6.07, 6.45) is -6.43. The topological polar surface area (TPSA) is 137 Å². The molecule has 4 unspecified atom stereocenters. The van der Waals surface area contributed by atoms with Crippen molar-refractivity contribution in [3.63, 3.8) is 0 Å². The number of benzene rings is 1. The summed E-state index contributed by atoms with van der Waals surface area (Å²) in [5.74, 6) is -0.167. The normalized spacial score (nSPS) is 16.5. The fourth-order valence-electron chi connectivity index (χ4n) is 1.65. The van der Waals surface area contributed by atoms with Crippen LogP contribution in [0.3, 0.4) is 0 Å². The van der Waals surface area contributed by atoms with Crippen molar-refractivity contribution in [2.75, 3.05) is 20.3 Å². The number of carbonyl (C=O) groups excluding carboxylic acids is 1. The molecular weight excluding hydrogens is 296 g/mol. The molecule has 8 nitrogen and oxygen atoms in total. The van der Waals surface area contributed by atoms with Gasteiger partial charge in [0.1, 0.15) is 36.8 Å². The van der Waals surface area contributed by atoms with Gasteiger partial charge in [-0.2, -0.15) is 0 Å². The molecule has 5 N–H and O–H groups in total. The van der Waals surface area contributed by atoms with Crippen molar-refractivity contribution in [1.82, 2.24) is 0 Å². The second kappa shape index (κ2) is 8.66. The largest absolute Gasteiger partial charge is 0.491 e. The Morgan fingerprint density at radius 1 is 1.05 bits per heavy atom. The first-order valence-corrected chi connectivity index (χ1v) is 6.55. The Morgan fingerprint density at radius 3 is 2.09 bits per heavy atom. The summed E-state index contributed by atoms with van der Waals surface area (Å²) in [6, 6.07) is 5.89. The Balaban J connectivity index is 2.53. The molecule has 0 aliphatic carbocycles. The van der Waals surface area contributed by atoms with Crippen LogP contribution in [0.5, 0.6) is 5.75 Å². The number of hydrogen-bond donors (Lipinski definition) is 5. The van der Waals surface area contributed by atoms with Crippen LogP contribution in [0.15, 0.2) is 24.3 Å². The Morgan fingerprint density at radius 2 is 1.59 bits per heavy atom. The molecule has 0 amide bonds. The molecule has 0 aromatic heterocycles. The fraction of sp³-hybridized carbons (Fsp3) is 0.500. The summed E-state index contributed by atoms with van der Waals surface area (Å²) in [7, 11) is 1.26. The zero-order chi connectivity index (χ0) is 16.7. The molecule has 0 saturated carbocycles. The Hall–Kier alpha value is -1.71. The second-order valence-corrected chi connectivity index (χ2v) is 4.63. The lowest BCUT2D eigenvalue weighted by atomic mass is 10.0. The summed E-state index contributed by atoms with van der Waals surface area (Å²) in [4.78, 5) is 11.2. The van der Waals surface area contributed by atoms with Gasteiger partial charge in [-0.25, -0.2) is 4.79 Å². The Kier molecular flexibility index (Phi) is 7.22. The van der Waals surface area contributed by atoms with Gasteiger partial charge in [-0.1, -0.05) is 0 Å². The van der Waals surface area contributed by atoms with Crippen molar-refractivity contribution in [3.8, 4) is 5.75 Å². The summed E-state index contributed by atoms with van der Waals surface area (Å²) in [5, 5.41) is 46.6. The van der Waals surface area contributed by atoms with Crippen molar-refractivity contribution < 1.29 is 39.8 Å². The first kappa shape index (κ1) is 18.3. The average molecular weight is 316 g/mol. The average Bonchev–Trinajstić information content (AvgIpc) is 2.57. The number of carbonyl (C=O) groups is 1. The third-order valence-electron chi connectivity index (χ3n) is 3.02. The molecule has 124 valence electrons. The van der Waals surface area contributed by atoms with Gasteiger partial charge in [-0.15, -0.1) is 0 Å². The SMILES string of the molecule is COC(=O)c1ccc(OCC(O)C(O)C(O)C(O)CO)cc1. The molecule has 1 aromatic carbocycles. The summed E-state index contributed by atoms with van der Waals surface area (Å²) in [6.45, 7) is -1.10. The highest BCUT2D eigenvalue weighted by Gasteiger charge is 2.30. The van der Waals surface area contributed by atoms with Crippen molar-refractivity contribution in [2.24, 2.45) is 0 Å². The number of ether oxygens (including phenoxy) is 2. The van der Waals surface area contributed by atoms with E-state index in [1.54, 1.807) is 0 Å². The highest BCUT2D eigenvalue weighted by Crippen LogP contribution is 2.14. The van der Waals surface area contributed by atoms with E-state index < -0.39 is 37.0 Å². The third kappa shape index (κ3) is 4.93. The van der Waals surface area contributed by atoms with Crippen LogP contribution in [0.4, 0.5) is 0 Å². The number of hydrogen-bond acceptors (Lipinski definition) is 8. The van der Waals surface area contributed by atoms with Crippen molar-refractivity contribution in [1.29, 1.82) is 0 Å². The minimum Gasteiger partial charge on any atom is -0.491 e. The number of rotatable bonds is 8. The molecule has 0 saturated heterocycles. The summed E-state index contributed by atoms with van der Waals surface area (Å²) >= 11 is 0. The second-order valence-electron chi connectivity index (χ2n) is 4.63. The number of aliphatic hydroxyl groups is 5. The molecule has 0 heterocycles. The van der Waals surface area contributed by atoms with E-state index in [-0.39, 0.29) is 6.61 Å². The van der Waals surface area contributed by atoms with Gasteiger partial charge in [-0.05, 0) is 24.3 Å². The third-order valence-corrected chi connectivity index (χ3v) is 3.02. The standard InChI is InChI=1S/C14H20O8/c1-21-14(20)8-2-4-9(5-3-8)22-7-11(17)13(19)12(18)10(16)6-15/h2-5,10-13,15-19H,6-7H2,1H3. The molecule has 0 radical (unpaired) electrons. The van der Waals surface area contributed by atoms with E-state index in [0.29, 0.717) is 11.3 Å². The van der Waals surface area contributed by atoms with Crippen LogP contribution in [-0.2, 0) is 4.74 Å². The predicted molar refractivity (Wildman–Crippen MR) is 74.4 cm³/mol. The van der Waals surface area contributed by atoms with Gasteiger partial charge in [0.25, 0.3) is 0 Å². The maximum absolute atomic E-state index is 11.2. The van der Waals surface area contributed by atoms with Gasteiger partial charge < -0.3 is 35.0 Å². The van der Waals surface area contributed by atoms with E-state index >= 15 is 0 Å². The molecular formula is C14H20O8. The van der Waals surface area contributed by atoms with E-state index in [0.717, 1.165) is 0 Å². The van der Waals surface area contributed by atoms with Gasteiger partial charge in [0.05, 0.1) is 19.3 Å². The molecule has 4 atom stereocenters. The molecule has 1 aromatic rings. The molecule has 0 aliphatic heterocycles. The van der Waals surface area contributed by atoms with Gasteiger partial charge in [-0.3, -0.25) is 0 Å². The van der Waals surface area contributed by atoms with Crippen LogP contribution < -0.4 is 4.74 Å². The molecule has 0 spiro atoms. The van der Waals surface area contributed by atoms with E-state index in [4.69, 9.17) is 9.84 Å². The molecule has 0 fully saturated rings. The summed E-state index contributed by atoms with van der Waals surface area (Å²) in [5.41, 5.74) is 0.330. The molecule has 0 aliphatic rings. The van der Waals surface area contributed by atoms with Crippen LogP contribution >= 0.6 is 0 Å². The minimum atomic E-state index is -1.70. The van der Waals surface area contributed by atoms with Gasteiger partial charge in [0, 0.05) is 0 Å². The number of aliphatic hydroxyl groups excluding tert-OH is 5. The lowest BCUT2D eigenvalue weighted by Crippen LogP contribution is -2.47. The number of methoxy groups -OCH3 is 1. The van der Waals surface area contributed by atoms with Gasteiger partial charge in [0.15, 0.2) is 0 Å². The lowest BCUT2D eigenvalue weighted by molar-refractivity contribution is -0.121. The Labute approximate surface area is 127 Å². The summed E-state index contributed by atoms with van der Waals surface area (Å²) < 4.78 is 9.74. The van der Waals surface area contributed by atoms with E-state index in [2.05, 4.69) is 4.74 Å². The van der Waals surface area contributed by atoms with Crippen LogP contribution in [-0.4, -0.2) is 76.2 Å². The zero-order valence-corrected chi connectivity index (χ0v) is 12.0. The molecule has 8 heteroatoms. The monoisotopic (exact) mass is 316 g/mol. The molecule has 22 heavy (non-hydrogen) atoms. The first-order valence-electron chi connectivity index (χ1n) is 6.55. The maximum Gasteiger partial charge on any atom is 0.337 e. The van der Waals surface area contributed by atoms with Gasteiger partial charge >= 0.3 is 5.97 Å². The predicted octanol–water partition coefficient (Wildman–Crippen LogP) is -1.71. The van der Waals surface area contributed by atoms with Crippen LogP contribution in [0, 0.1) is 0 Å². The maximum atomic E-state index is 11.2. The smallest absolute Gasteiger partial charge is 0.337 e. The fourth-order valence-corrected chi connectivity index (χ4v) is 1.65. The van der Waals surface area contributed by atoms with E-state index in [1.807, 2.05) is 0 Å².